The second-order valence-corrected chi connectivity index (χ2v) is 7.80. The minimum atomic E-state index is -2.78. The maximum atomic E-state index is 12.3. The number of aromatic nitrogens is 3. The van der Waals surface area contributed by atoms with Crippen molar-refractivity contribution < 1.29 is 9.00 Å². The highest BCUT2D eigenvalue weighted by Gasteiger charge is 2.09. The number of amides is 1. The van der Waals surface area contributed by atoms with Crippen LogP contribution in [-0.4, -0.2) is 31.1 Å². The van der Waals surface area contributed by atoms with E-state index in [9.17, 15) is 9.00 Å². The molecule has 0 saturated heterocycles. The Bertz CT molecular complexity index is 1010. The van der Waals surface area contributed by atoms with Crippen molar-refractivity contribution in [1.29, 1.82) is 4.78 Å². The molecule has 0 radical (unpaired) electrons. The molecule has 8 heteroatoms. The maximum absolute atomic E-state index is 12.3. The van der Waals surface area contributed by atoms with Crippen molar-refractivity contribution in [2.45, 2.75) is 4.90 Å². The van der Waals surface area contributed by atoms with Gasteiger partial charge < -0.3 is 5.32 Å². The van der Waals surface area contributed by atoms with Crippen molar-refractivity contribution in [2.75, 3.05) is 11.6 Å². The van der Waals surface area contributed by atoms with Gasteiger partial charge in [0.2, 0.25) is 0 Å². The molecule has 0 fully saturated rings. The lowest BCUT2D eigenvalue weighted by Gasteiger charge is -2.07. The van der Waals surface area contributed by atoms with Crippen LogP contribution >= 0.6 is 0 Å². The van der Waals surface area contributed by atoms with Gasteiger partial charge >= 0.3 is 0 Å². The van der Waals surface area contributed by atoms with E-state index in [0.717, 1.165) is 5.56 Å². The van der Waals surface area contributed by atoms with Gasteiger partial charge in [0.05, 0.1) is 9.73 Å². The Balaban J connectivity index is 1.72. The third kappa shape index (κ3) is 3.92. The Kier molecular flexibility index (Phi) is 4.37. The average Bonchev–Trinajstić information content (AvgIpc) is 3.01. The number of hydrogen-bond acceptors (Lipinski definition) is 5. The summed E-state index contributed by atoms with van der Waals surface area (Å²) in [6.45, 7) is 0. The van der Waals surface area contributed by atoms with Crippen LogP contribution in [0.3, 0.4) is 0 Å². The molecule has 3 rings (SSSR count). The van der Waals surface area contributed by atoms with Gasteiger partial charge in [0.1, 0.15) is 6.33 Å². The minimum Gasteiger partial charge on any atom is -0.322 e. The lowest BCUT2D eigenvalue weighted by molar-refractivity contribution is 0.102. The number of rotatable bonds is 4. The lowest BCUT2D eigenvalue weighted by atomic mass is 10.1. The second-order valence-electron chi connectivity index (χ2n) is 5.64. The largest absolute Gasteiger partial charge is 0.322 e. The summed E-state index contributed by atoms with van der Waals surface area (Å²) in [5.41, 5.74) is 1.94. The normalized spacial score (nSPS) is 13.2. The predicted molar refractivity (Wildman–Crippen MR) is 95.9 cm³/mol. The summed E-state index contributed by atoms with van der Waals surface area (Å²) in [5, 5.41) is 7.02. The number of aryl methyl sites for hydroxylation is 1. The van der Waals surface area contributed by atoms with E-state index in [1.54, 1.807) is 54.5 Å². The molecule has 1 heterocycles. The Labute approximate surface area is 145 Å². The summed E-state index contributed by atoms with van der Waals surface area (Å²) in [7, 11) is -0.979. The molecule has 1 unspecified atom stereocenters. The fourth-order valence-electron chi connectivity index (χ4n) is 2.24. The van der Waals surface area contributed by atoms with Gasteiger partial charge in [-0.15, -0.1) is 0 Å². The molecule has 0 aliphatic rings. The zero-order valence-electron chi connectivity index (χ0n) is 13.8. The number of benzene rings is 2. The quantitative estimate of drug-likeness (QED) is 0.751. The van der Waals surface area contributed by atoms with E-state index in [0.29, 0.717) is 22.0 Å². The standard InChI is InChI=1S/C17H17N5O2S/c1-22-11-19-16(21-22)12-3-7-14(8-4-12)20-17(23)13-5-9-15(10-6-13)25(2,18)24/h3-11,18H,1-2H3,(H,20,23). The molecule has 0 saturated carbocycles. The molecule has 0 bridgehead atoms. The van der Waals surface area contributed by atoms with Gasteiger partial charge in [0.15, 0.2) is 5.82 Å². The molecule has 2 N–H and O–H groups in total. The Morgan fingerprint density at radius 1 is 1.12 bits per heavy atom. The van der Waals surface area contributed by atoms with E-state index >= 15 is 0 Å². The zero-order valence-corrected chi connectivity index (χ0v) is 14.6. The highest BCUT2D eigenvalue weighted by molar-refractivity contribution is 7.91. The first-order chi connectivity index (χ1) is 11.8. The van der Waals surface area contributed by atoms with Crippen LogP contribution in [0.2, 0.25) is 0 Å². The van der Waals surface area contributed by atoms with E-state index in [2.05, 4.69) is 15.4 Å². The SMILES string of the molecule is Cn1cnc(-c2ccc(NC(=O)c3ccc(S(C)(=N)=O)cc3)cc2)n1. The van der Waals surface area contributed by atoms with Crippen molar-refractivity contribution in [3.05, 3.63) is 60.4 Å². The van der Waals surface area contributed by atoms with Crippen LogP contribution in [-0.2, 0) is 16.8 Å². The third-order valence-corrected chi connectivity index (χ3v) is 4.74. The Morgan fingerprint density at radius 2 is 1.76 bits per heavy atom. The summed E-state index contributed by atoms with van der Waals surface area (Å²) in [5.74, 6) is 0.345. The molecule has 0 aliphatic heterocycles. The number of nitrogens with zero attached hydrogens (tertiary/aromatic N) is 3. The van der Waals surface area contributed by atoms with Crippen LogP contribution in [0.5, 0.6) is 0 Å². The predicted octanol–water partition coefficient (Wildman–Crippen LogP) is 2.77. The molecule has 1 aromatic heterocycles. The van der Waals surface area contributed by atoms with E-state index in [1.807, 2.05) is 12.1 Å². The van der Waals surface area contributed by atoms with Gasteiger partial charge in [-0.3, -0.25) is 9.48 Å². The van der Waals surface area contributed by atoms with E-state index in [1.165, 1.54) is 6.26 Å². The average molecular weight is 355 g/mol. The van der Waals surface area contributed by atoms with Crippen LogP contribution < -0.4 is 5.32 Å². The summed E-state index contributed by atoms with van der Waals surface area (Å²) in [4.78, 5) is 16.9. The molecule has 3 aromatic rings. The van der Waals surface area contributed by atoms with Crippen LogP contribution in [0.1, 0.15) is 10.4 Å². The summed E-state index contributed by atoms with van der Waals surface area (Å²) in [6.07, 6.45) is 2.97. The number of anilines is 1. The minimum absolute atomic E-state index is 0.275. The summed E-state index contributed by atoms with van der Waals surface area (Å²) in [6, 6.07) is 13.4. The van der Waals surface area contributed by atoms with Crippen LogP contribution in [0, 0.1) is 4.78 Å². The first-order valence-electron chi connectivity index (χ1n) is 7.44. The molecule has 1 amide bonds. The first-order valence-corrected chi connectivity index (χ1v) is 9.41. The van der Waals surface area contributed by atoms with E-state index < -0.39 is 9.73 Å². The Morgan fingerprint density at radius 3 is 2.28 bits per heavy atom. The van der Waals surface area contributed by atoms with Crippen molar-refractivity contribution in [3.63, 3.8) is 0 Å². The number of nitrogens with one attached hydrogen (secondary N) is 2. The monoisotopic (exact) mass is 355 g/mol. The van der Waals surface area contributed by atoms with Gasteiger partial charge in [-0.05, 0) is 48.5 Å². The van der Waals surface area contributed by atoms with Crippen molar-refractivity contribution in [2.24, 2.45) is 7.05 Å². The fraction of sp³-hybridized carbons (Fsp3) is 0.118. The molecule has 128 valence electrons. The summed E-state index contributed by atoms with van der Waals surface area (Å²) < 4.78 is 20.8. The van der Waals surface area contributed by atoms with Gasteiger partial charge in [-0.2, -0.15) is 5.10 Å². The lowest BCUT2D eigenvalue weighted by Crippen LogP contribution is -2.12. The second kappa shape index (κ2) is 6.48. The topological polar surface area (TPSA) is 101 Å². The third-order valence-electron chi connectivity index (χ3n) is 3.57. The number of carbonyl (C=O) groups excluding carboxylic acids is 1. The van der Waals surface area contributed by atoms with E-state index in [-0.39, 0.29) is 5.91 Å². The summed E-state index contributed by atoms with van der Waals surface area (Å²) >= 11 is 0. The molecule has 2 aromatic carbocycles. The van der Waals surface area contributed by atoms with Gasteiger partial charge in [0, 0.05) is 35.0 Å². The van der Waals surface area contributed by atoms with Crippen LogP contribution in [0.15, 0.2) is 59.8 Å². The number of carbonyl (C=O) groups is 1. The smallest absolute Gasteiger partial charge is 0.255 e. The molecule has 0 aliphatic carbocycles. The Hall–Kier alpha value is -3.00. The van der Waals surface area contributed by atoms with Gasteiger partial charge in [-0.25, -0.2) is 14.0 Å². The maximum Gasteiger partial charge on any atom is 0.255 e. The number of hydrogen-bond donors (Lipinski definition) is 2. The van der Waals surface area contributed by atoms with Crippen LogP contribution in [0.4, 0.5) is 5.69 Å². The van der Waals surface area contributed by atoms with Crippen molar-refractivity contribution >= 4 is 21.3 Å². The molecule has 0 spiro atoms. The first kappa shape index (κ1) is 16.8. The molecule has 7 nitrogen and oxygen atoms in total. The van der Waals surface area contributed by atoms with Crippen LogP contribution in [0.25, 0.3) is 11.4 Å². The van der Waals surface area contributed by atoms with Gasteiger partial charge in [-0.1, -0.05) is 0 Å². The fourth-order valence-corrected chi connectivity index (χ4v) is 2.90. The highest BCUT2D eigenvalue weighted by atomic mass is 32.2. The van der Waals surface area contributed by atoms with Gasteiger partial charge in [0.25, 0.3) is 5.91 Å². The molecular weight excluding hydrogens is 338 g/mol. The highest BCUT2D eigenvalue weighted by Crippen LogP contribution is 2.18. The van der Waals surface area contributed by atoms with Crippen molar-refractivity contribution in [3.8, 4) is 11.4 Å². The molecular formula is C17H17N5O2S. The van der Waals surface area contributed by atoms with Crippen molar-refractivity contribution in [1.82, 2.24) is 14.8 Å². The van der Waals surface area contributed by atoms with E-state index in [4.69, 9.17) is 4.78 Å². The molecule has 1 atom stereocenters. The zero-order chi connectivity index (χ0) is 18.0. The molecule has 25 heavy (non-hydrogen) atoms.